The number of hydrogen-bond acceptors (Lipinski definition) is 14. The quantitative estimate of drug-likeness (QED) is 0.0734. The summed E-state index contributed by atoms with van der Waals surface area (Å²) < 4.78 is 46.7. The molecule has 2 fully saturated rings. The van der Waals surface area contributed by atoms with Crippen molar-refractivity contribution >= 4 is 23.9 Å². The van der Waals surface area contributed by atoms with Crippen LogP contribution in [0.5, 0.6) is 0 Å². The number of imide groups is 1. The van der Waals surface area contributed by atoms with Gasteiger partial charge in [0.05, 0.1) is 24.9 Å². The summed E-state index contributed by atoms with van der Waals surface area (Å²) in [6.45, 7) is 5.76. The van der Waals surface area contributed by atoms with Gasteiger partial charge in [0.1, 0.15) is 38.3 Å². The first-order valence-corrected chi connectivity index (χ1v) is 16.6. The van der Waals surface area contributed by atoms with E-state index in [1.54, 1.807) is 44.2 Å². The molecule has 17 heteroatoms. The third-order valence-electron chi connectivity index (χ3n) is 8.46. The van der Waals surface area contributed by atoms with Gasteiger partial charge in [-0.15, -0.1) is 0 Å². The molecule has 0 radical (unpaired) electrons. The fourth-order valence-electron chi connectivity index (χ4n) is 5.76. The summed E-state index contributed by atoms with van der Waals surface area (Å²) in [5, 5.41) is 14.9. The van der Waals surface area contributed by atoms with E-state index in [9.17, 15) is 29.8 Å². The molecule has 17 nitrogen and oxygen atoms in total. The molecule has 0 aliphatic carbocycles. The topological polar surface area (TPSA) is 214 Å². The highest BCUT2D eigenvalue weighted by atomic mass is 16.7. The predicted molar refractivity (Wildman–Crippen MR) is 178 cm³/mol. The van der Waals surface area contributed by atoms with Crippen molar-refractivity contribution < 1.29 is 62.2 Å². The Hall–Kier alpha value is -4.61. The highest BCUT2D eigenvalue weighted by molar-refractivity contribution is 5.90. The van der Waals surface area contributed by atoms with E-state index in [0.717, 1.165) is 12.5 Å². The molecule has 0 bridgehead atoms. The number of benzene rings is 2. The number of aliphatic hydroxyl groups excluding tert-OH is 1. The Morgan fingerprint density at radius 1 is 0.827 bits per heavy atom. The maximum Gasteiger partial charge on any atom is 0.418 e. The van der Waals surface area contributed by atoms with Crippen LogP contribution < -0.4 is 0 Å². The van der Waals surface area contributed by atoms with E-state index in [1.807, 2.05) is 30.3 Å². The van der Waals surface area contributed by atoms with Crippen LogP contribution in [0.25, 0.3) is 10.4 Å². The summed E-state index contributed by atoms with van der Waals surface area (Å²) >= 11 is 0. The number of carbonyl (C=O) groups is 4. The monoisotopic (exact) mass is 728 g/mol. The van der Waals surface area contributed by atoms with Crippen LogP contribution in [0.2, 0.25) is 0 Å². The minimum absolute atomic E-state index is 0.0762. The van der Waals surface area contributed by atoms with Crippen molar-refractivity contribution in [1.29, 1.82) is 0 Å². The first kappa shape index (κ1) is 40.2. The second-order valence-corrected chi connectivity index (χ2v) is 12.3. The van der Waals surface area contributed by atoms with Crippen molar-refractivity contribution in [1.82, 2.24) is 4.90 Å². The Labute approximate surface area is 300 Å². The van der Waals surface area contributed by atoms with E-state index in [0.29, 0.717) is 10.5 Å². The second kappa shape index (κ2) is 19.3. The summed E-state index contributed by atoms with van der Waals surface area (Å²) in [4.78, 5) is 53.1. The smallest absolute Gasteiger partial charge is 0.418 e. The van der Waals surface area contributed by atoms with E-state index in [2.05, 4.69) is 10.0 Å². The number of nitrogens with zero attached hydrogens (tertiary/aromatic N) is 4. The number of amides is 2. The van der Waals surface area contributed by atoms with E-state index >= 15 is 0 Å². The van der Waals surface area contributed by atoms with Gasteiger partial charge in [-0.05, 0) is 29.5 Å². The fourth-order valence-corrected chi connectivity index (χ4v) is 5.76. The fraction of sp³-hybridized carbons (Fsp3) is 0.543. The zero-order valence-corrected chi connectivity index (χ0v) is 29.5. The lowest BCUT2D eigenvalue weighted by molar-refractivity contribution is -0.343. The van der Waals surface area contributed by atoms with Crippen LogP contribution in [-0.4, -0.2) is 103 Å². The number of azide groups is 1. The number of carbonyl (C=O) groups excluding carboxylic acids is 4. The normalized spacial score (nSPS) is 28.5. The van der Waals surface area contributed by atoms with Crippen molar-refractivity contribution in [3.05, 3.63) is 82.2 Å². The van der Waals surface area contributed by atoms with E-state index < -0.39 is 91.8 Å². The molecule has 0 spiro atoms. The van der Waals surface area contributed by atoms with Gasteiger partial charge in [-0.25, -0.2) is 9.69 Å². The van der Waals surface area contributed by atoms with Gasteiger partial charge in [0.2, 0.25) is 5.91 Å². The molecule has 4 rings (SSSR count). The van der Waals surface area contributed by atoms with Crippen molar-refractivity contribution in [3.63, 3.8) is 0 Å². The van der Waals surface area contributed by atoms with Crippen LogP contribution >= 0.6 is 0 Å². The first-order valence-electron chi connectivity index (χ1n) is 16.6. The van der Waals surface area contributed by atoms with Gasteiger partial charge in [-0.2, -0.15) is 0 Å². The summed E-state index contributed by atoms with van der Waals surface area (Å²) in [7, 11) is 0. The Balaban J connectivity index is 1.55. The molecule has 2 saturated heterocycles. The summed E-state index contributed by atoms with van der Waals surface area (Å²) in [5.41, 5.74) is 11.0. The molecular weight excluding hydrogens is 684 g/mol. The largest absolute Gasteiger partial charge is 0.463 e. The van der Waals surface area contributed by atoms with Crippen molar-refractivity contribution in [2.24, 2.45) is 11.0 Å². The van der Waals surface area contributed by atoms with E-state index in [-0.39, 0.29) is 19.8 Å². The Morgan fingerprint density at radius 2 is 1.46 bits per heavy atom. The van der Waals surface area contributed by atoms with Crippen LogP contribution in [0.3, 0.4) is 0 Å². The molecule has 2 aromatic rings. The second-order valence-electron chi connectivity index (χ2n) is 12.3. The van der Waals surface area contributed by atoms with Gasteiger partial charge in [0, 0.05) is 25.7 Å². The molecule has 0 saturated carbocycles. The lowest BCUT2D eigenvalue weighted by atomic mass is 9.88. The van der Waals surface area contributed by atoms with Gasteiger partial charge in [-0.3, -0.25) is 14.4 Å². The van der Waals surface area contributed by atoms with Crippen molar-refractivity contribution in [2.75, 3.05) is 13.3 Å². The SMILES string of the molecule is CC(=O)OCC1O[C@@H](OCN(C(C)=O)C(=O)OCc2ccccc2)C(N=[N+]=[N-])[C@@H](C)[C@@H]1O[C@@H]1OC(C)[C@@H](O)[C@@H](OCc2ccccc2)C1OC(C)=O. The van der Waals surface area contributed by atoms with Gasteiger partial charge in [-0.1, -0.05) is 72.7 Å². The maximum atomic E-state index is 12.9. The summed E-state index contributed by atoms with van der Waals surface area (Å²) in [6.07, 6.45) is -10.3. The number of hydrogen-bond donors (Lipinski definition) is 1. The molecule has 2 aliphatic rings. The van der Waals surface area contributed by atoms with Crippen LogP contribution in [0.15, 0.2) is 65.8 Å². The molecule has 1 N–H and O–H groups in total. The molecule has 52 heavy (non-hydrogen) atoms. The predicted octanol–water partition coefficient (Wildman–Crippen LogP) is 3.76. The molecule has 282 valence electrons. The lowest BCUT2D eigenvalue weighted by Crippen LogP contribution is -2.63. The highest BCUT2D eigenvalue weighted by Gasteiger charge is 2.52. The van der Waals surface area contributed by atoms with Crippen LogP contribution in [0, 0.1) is 5.92 Å². The molecule has 2 aliphatic heterocycles. The van der Waals surface area contributed by atoms with Gasteiger partial charge in [0.15, 0.2) is 18.7 Å². The first-order chi connectivity index (χ1) is 24.9. The Kier molecular flexibility index (Phi) is 14.9. The van der Waals surface area contributed by atoms with Gasteiger partial charge in [0.25, 0.3) is 0 Å². The van der Waals surface area contributed by atoms with Crippen LogP contribution in [-0.2, 0) is 65.5 Å². The zero-order chi connectivity index (χ0) is 37.8. The number of ether oxygens (including phenoxy) is 8. The highest BCUT2D eigenvalue weighted by Crippen LogP contribution is 2.36. The molecular formula is C35H44N4O13. The maximum absolute atomic E-state index is 12.9. The molecule has 10 atom stereocenters. The minimum atomic E-state index is -1.37. The Bertz CT molecular complexity index is 1540. The minimum Gasteiger partial charge on any atom is -0.463 e. The van der Waals surface area contributed by atoms with Gasteiger partial charge < -0.3 is 43.0 Å². The summed E-state index contributed by atoms with van der Waals surface area (Å²) in [5.74, 6) is -2.78. The van der Waals surface area contributed by atoms with E-state index in [1.165, 1.54) is 13.8 Å². The number of aliphatic hydroxyl groups is 1. The average molecular weight is 729 g/mol. The lowest BCUT2D eigenvalue weighted by Gasteiger charge is -2.48. The number of esters is 2. The summed E-state index contributed by atoms with van der Waals surface area (Å²) in [6, 6.07) is 16.9. The molecule has 2 aromatic carbocycles. The van der Waals surface area contributed by atoms with Crippen molar-refractivity contribution in [2.45, 2.75) is 103 Å². The van der Waals surface area contributed by atoms with Gasteiger partial charge >= 0.3 is 18.0 Å². The van der Waals surface area contributed by atoms with Crippen molar-refractivity contribution in [3.8, 4) is 0 Å². The molecule has 0 aromatic heterocycles. The molecule has 2 amide bonds. The van der Waals surface area contributed by atoms with Crippen LogP contribution in [0.4, 0.5) is 4.79 Å². The molecule has 2 heterocycles. The van der Waals surface area contributed by atoms with E-state index in [4.69, 9.17) is 37.9 Å². The van der Waals surface area contributed by atoms with Crippen LogP contribution in [0.1, 0.15) is 45.7 Å². The molecule has 4 unspecified atom stereocenters. The standard InChI is InChI=1S/C35H44N4O13/c1-20-28(37-38-36)33(48-19-39(22(3)40)35(44)47-17-26-14-10-7-11-15-26)51-27(18-45-23(4)41)30(20)52-34-32(50-24(5)42)31(29(43)21(2)49-34)46-16-25-12-8-6-9-13-25/h6-15,20-21,27-34,43H,16-19H2,1-5H3/t20-,21?,27?,28?,29-,30+,31-,32?,33-,34+/m1/s1. The Morgan fingerprint density at radius 3 is 2.04 bits per heavy atom. The number of rotatable bonds is 14. The average Bonchev–Trinajstić information content (AvgIpc) is 3.11. The third kappa shape index (κ3) is 10.9. The third-order valence-corrected chi connectivity index (χ3v) is 8.46. The zero-order valence-electron chi connectivity index (χ0n) is 29.5.